The number of hydrogen-bond acceptors (Lipinski definition) is 6. The number of pyridine rings is 1. The van der Waals surface area contributed by atoms with Crippen LogP contribution in [-0.4, -0.2) is 78.7 Å². The lowest BCUT2D eigenvalue weighted by molar-refractivity contribution is -0.223. The van der Waals surface area contributed by atoms with Crippen molar-refractivity contribution in [2.45, 2.75) is 38.0 Å². The molecule has 2 amide bonds. The predicted octanol–water partition coefficient (Wildman–Crippen LogP) is 6.75. The lowest BCUT2D eigenvalue weighted by Gasteiger charge is -2.56. The third kappa shape index (κ3) is 5.75. The van der Waals surface area contributed by atoms with E-state index in [-0.39, 0.29) is 29.2 Å². The van der Waals surface area contributed by atoms with Crippen LogP contribution in [0.5, 0.6) is 5.75 Å². The molecule has 10 nitrogen and oxygen atoms in total. The van der Waals surface area contributed by atoms with Crippen molar-refractivity contribution in [1.29, 1.82) is 0 Å². The lowest BCUT2D eigenvalue weighted by atomic mass is 9.85. The van der Waals surface area contributed by atoms with E-state index in [4.69, 9.17) is 4.74 Å². The number of amides is 2. The van der Waals surface area contributed by atoms with Gasteiger partial charge >= 0.3 is 0 Å². The number of phenolic OH excluding ortho intramolecular Hbond substituents is 1. The van der Waals surface area contributed by atoms with Crippen LogP contribution in [0.1, 0.15) is 44.0 Å². The van der Waals surface area contributed by atoms with Crippen molar-refractivity contribution in [3.8, 4) is 17.0 Å². The number of likely N-dealkylation sites (tertiary alicyclic amines) is 1. The number of nitrogens with zero attached hydrogens (tertiary/aromatic N) is 6. The third-order valence-electron chi connectivity index (χ3n) is 11.6. The average molecular weight is 725 g/mol. The summed E-state index contributed by atoms with van der Waals surface area (Å²) in [5.41, 5.74) is 6.53. The summed E-state index contributed by atoms with van der Waals surface area (Å²) in [7, 11) is 3.74. The van der Waals surface area contributed by atoms with Gasteiger partial charge < -0.3 is 23.9 Å². The fraction of sp³-hybridized carbons (Fsp3) is 0.279. The van der Waals surface area contributed by atoms with Crippen LogP contribution in [0, 0.1) is 12.7 Å². The fourth-order valence-electron chi connectivity index (χ4n) is 8.44. The van der Waals surface area contributed by atoms with Crippen LogP contribution in [0.3, 0.4) is 0 Å². The topological polar surface area (TPSA) is 96.1 Å². The monoisotopic (exact) mass is 724 g/mol. The van der Waals surface area contributed by atoms with Crippen molar-refractivity contribution in [1.82, 2.24) is 23.9 Å². The highest BCUT2D eigenvalue weighted by molar-refractivity contribution is 6.13. The van der Waals surface area contributed by atoms with E-state index in [0.717, 1.165) is 55.7 Å². The Hall–Kier alpha value is -5.78. The van der Waals surface area contributed by atoms with Crippen LogP contribution in [0.2, 0.25) is 0 Å². The van der Waals surface area contributed by atoms with Gasteiger partial charge in [0.25, 0.3) is 11.8 Å². The largest absolute Gasteiger partial charge is 0.508 e. The highest BCUT2D eigenvalue weighted by atomic mass is 19.1. The Bertz CT molecular complexity index is 2440. The molecule has 1 N–H and O–H groups in total. The molecule has 1 atom stereocenters. The van der Waals surface area contributed by atoms with Gasteiger partial charge in [-0.3, -0.25) is 19.4 Å². The second-order valence-corrected chi connectivity index (χ2v) is 15.0. The normalized spacial score (nSPS) is 17.6. The number of phenols is 1. The van der Waals surface area contributed by atoms with Crippen LogP contribution in [0.25, 0.3) is 22.3 Å². The number of carbonyl (C=O) groups is 2. The molecule has 9 rings (SSSR count). The van der Waals surface area contributed by atoms with Crippen LogP contribution in [0.4, 0.5) is 15.8 Å². The van der Waals surface area contributed by atoms with E-state index in [1.807, 2.05) is 65.5 Å². The molecule has 0 unspecified atom stereocenters. The molecule has 2 fully saturated rings. The van der Waals surface area contributed by atoms with Gasteiger partial charge in [-0.25, -0.2) is 9.37 Å². The summed E-state index contributed by atoms with van der Waals surface area (Å²) >= 11 is 0. The predicted molar refractivity (Wildman–Crippen MR) is 204 cm³/mol. The summed E-state index contributed by atoms with van der Waals surface area (Å²) in [6.07, 6.45) is 5.36. The average Bonchev–Trinajstić information content (AvgIpc) is 3.66. The van der Waals surface area contributed by atoms with Crippen molar-refractivity contribution in [2.24, 2.45) is 14.1 Å². The van der Waals surface area contributed by atoms with Gasteiger partial charge in [0.15, 0.2) is 0 Å². The molecule has 274 valence electrons. The van der Waals surface area contributed by atoms with Crippen LogP contribution in [0.15, 0.2) is 97.3 Å². The molecule has 0 aliphatic carbocycles. The Morgan fingerprint density at radius 1 is 0.963 bits per heavy atom. The van der Waals surface area contributed by atoms with Crippen molar-refractivity contribution in [2.75, 3.05) is 31.1 Å². The summed E-state index contributed by atoms with van der Waals surface area (Å²) in [5.74, 6) is -0.922. The van der Waals surface area contributed by atoms with Crippen LogP contribution < -0.4 is 4.90 Å². The molecule has 54 heavy (non-hydrogen) atoms. The summed E-state index contributed by atoms with van der Waals surface area (Å²) < 4.78 is 24.8. The molecule has 6 heterocycles. The number of halogens is 1. The third-order valence-corrected chi connectivity index (χ3v) is 11.6. The quantitative estimate of drug-likeness (QED) is 0.196. The number of fused-ring (bicyclic) bond motifs is 2. The molecule has 0 bridgehead atoms. The first-order valence-electron chi connectivity index (χ1n) is 18.3. The standard InChI is InChI=1S/C43H41FN6O4/c1-27-37(42(53)50(32-9-11-35(51)12-10-32)33-19-29-14-16-46(2)40(29)45-22-33)21-39(47(27)3)38-20-31(44)8-13-36(38)41(52)49-23-30-7-5-4-6-28(30)18-34(49)24-48-25-43(26-48)15-17-54-43/h4-14,16,19-22,34,51H,15,17-18,23-26H2,1-3H3/t34-/m0/s1. The van der Waals surface area contributed by atoms with E-state index in [1.165, 1.54) is 29.8 Å². The van der Waals surface area contributed by atoms with Crippen molar-refractivity contribution in [3.05, 3.63) is 131 Å². The molecule has 6 aromatic rings. The zero-order valence-electron chi connectivity index (χ0n) is 30.5. The summed E-state index contributed by atoms with van der Waals surface area (Å²) in [6.45, 7) is 5.55. The number of carbonyl (C=O) groups excluding carboxylic acids is 2. The minimum atomic E-state index is -0.479. The van der Waals surface area contributed by atoms with Crippen molar-refractivity contribution < 1.29 is 23.8 Å². The van der Waals surface area contributed by atoms with Crippen LogP contribution >= 0.6 is 0 Å². The van der Waals surface area contributed by atoms with Crippen LogP contribution in [-0.2, 0) is 31.8 Å². The van der Waals surface area contributed by atoms with Gasteiger partial charge in [0.2, 0.25) is 0 Å². The Labute approximate surface area is 312 Å². The number of aromatic hydroxyl groups is 1. The summed E-state index contributed by atoms with van der Waals surface area (Å²) in [4.78, 5) is 40.1. The maximum Gasteiger partial charge on any atom is 0.264 e. The molecule has 3 aliphatic heterocycles. The first-order valence-corrected chi connectivity index (χ1v) is 18.3. The molecule has 3 aliphatic rings. The van der Waals surface area contributed by atoms with E-state index in [1.54, 1.807) is 35.4 Å². The molecule has 0 radical (unpaired) electrons. The van der Waals surface area contributed by atoms with Crippen molar-refractivity contribution >= 4 is 34.2 Å². The fourth-order valence-corrected chi connectivity index (χ4v) is 8.44. The van der Waals surface area contributed by atoms with E-state index in [0.29, 0.717) is 46.0 Å². The molecular formula is C43H41FN6O4. The van der Waals surface area contributed by atoms with Gasteiger partial charge in [-0.1, -0.05) is 24.3 Å². The minimum Gasteiger partial charge on any atom is -0.508 e. The number of benzene rings is 3. The molecule has 11 heteroatoms. The Morgan fingerprint density at radius 2 is 1.72 bits per heavy atom. The van der Waals surface area contributed by atoms with Gasteiger partial charge in [-0.2, -0.15) is 0 Å². The maximum atomic E-state index is 15.2. The molecule has 3 aromatic heterocycles. The highest BCUT2D eigenvalue weighted by Gasteiger charge is 2.50. The molecule has 1 spiro atoms. The van der Waals surface area contributed by atoms with Gasteiger partial charge in [-0.05, 0) is 85.1 Å². The lowest BCUT2D eigenvalue weighted by Crippen LogP contribution is -2.69. The van der Waals surface area contributed by atoms with E-state index in [2.05, 4.69) is 22.0 Å². The number of aromatic nitrogens is 3. The number of rotatable bonds is 7. The Balaban J connectivity index is 1.08. The van der Waals surface area contributed by atoms with Gasteiger partial charge in [0.1, 0.15) is 17.2 Å². The summed E-state index contributed by atoms with van der Waals surface area (Å²) in [6, 6.07) is 24.5. The smallest absolute Gasteiger partial charge is 0.264 e. The van der Waals surface area contributed by atoms with E-state index >= 15 is 4.39 Å². The zero-order chi connectivity index (χ0) is 37.3. The second kappa shape index (κ2) is 13.0. The second-order valence-electron chi connectivity index (χ2n) is 15.0. The van der Waals surface area contributed by atoms with Gasteiger partial charge in [0, 0.05) is 92.5 Å². The number of anilines is 2. The Kier molecular flexibility index (Phi) is 8.16. The molecule has 3 aromatic carbocycles. The molecular weight excluding hydrogens is 684 g/mol. The van der Waals surface area contributed by atoms with E-state index < -0.39 is 5.82 Å². The number of aryl methyl sites for hydroxylation is 1. The van der Waals surface area contributed by atoms with Crippen molar-refractivity contribution in [3.63, 3.8) is 0 Å². The Morgan fingerprint density at radius 3 is 2.46 bits per heavy atom. The first-order chi connectivity index (χ1) is 26.1. The van der Waals surface area contributed by atoms with E-state index in [9.17, 15) is 14.7 Å². The summed E-state index contributed by atoms with van der Waals surface area (Å²) in [5, 5.41) is 10.9. The number of ether oxygens (including phenoxy) is 1. The maximum absolute atomic E-state index is 15.2. The molecule has 2 saturated heterocycles. The van der Waals surface area contributed by atoms with Gasteiger partial charge in [-0.15, -0.1) is 0 Å². The number of hydrogen-bond donors (Lipinski definition) is 1. The van der Waals surface area contributed by atoms with Gasteiger partial charge in [0.05, 0.1) is 29.7 Å². The highest BCUT2D eigenvalue weighted by Crippen LogP contribution is 2.38. The minimum absolute atomic E-state index is 0.0201. The SMILES string of the molecule is Cc1c(C(=O)N(c2ccc(O)cc2)c2cnc3c(ccn3C)c2)cc(-c2cc(F)ccc2C(=O)N2Cc3ccccc3C[C@H]2CN2CC3(CCO3)C2)n1C. The zero-order valence-corrected chi connectivity index (χ0v) is 30.5. The first kappa shape index (κ1) is 34.0. The molecule has 0 saturated carbocycles.